The van der Waals surface area contributed by atoms with E-state index in [-0.39, 0.29) is 11.4 Å². The number of hydrogen-bond donors (Lipinski definition) is 1. The highest BCUT2D eigenvalue weighted by Crippen LogP contribution is 2.28. The third-order valence-electron chi connectivity index (χ3n) is 2.32. The van der Waals surface area contributed by atoms with Crippen LogP contribution in [0.2, 0.25) is 0 Å². The Bertz CT molecular complexity index is 661. The molecule has 0 saturated carbocycles. The molecule has 0 aliphatic heterocycles. The topological polar surface area (TPSA) is 55.4 Å². The lowest BCUT2D eigenvalue weighted by molar-refractivity contribution is -0.0966. The van der Waals surface area contributed by atoms with Crippen LogP contribution in [0, 0.1) is 0 Å². The zero-order chi connectivity index (χ0) is 14.6. The number of para-hydroxylation sites is 2. The summed E-state index contributed by atoms with van der Waals surface area (Å²) in [6.07, 6.45) is 0. The Balaban J connectivity index is 2.19. The van der Waals surface area contributed by atoms with E-state index in [1.54, 1.807) is 16.9 Å². The molecule has 0 spiro atoms. The molecular weight excluding hydrogens is 288 g/mol. The fourth-order valence-corrected chi connectivity index (χ4v) is 2.17. The van der Waals surface area contributed by atoms with Gasteiger partial charge in [0, 0.05) is 5.69 Å². The second kappa shape index (κ2) is 5.46. The first kappa shape index (κ1) is 14.3. The number of halogens is 2. The van der Waals surface area contributed by atoms with Crippen LogP contribution in [0.1, 0.15) is 0 Å². The minimum Gasteiger partial charge on any atom is -0.419 e. The van der Waals surface area contributed by atoms with Gasteiger partial charge in [-0.15, -0.1) is 8.78 Å². The zero-order valence-electron chi connectivity index (χ0n) is 10.2. The normalized spacial score (nSPS) is 11.9. The van der Waals surface area contributed by atoms with Gasteiger partial charge in [0.2, 0.25) is 0 Å². The van der Waals surface area contributed by atoms with Gasteiger partial charge in [0.25, 0.3) is 0 Å². The molecule has 0 heterocycles. The Morgan fingerprint density at radius 2 is 1.40 bits per heavy atom. The number of ether oxygens (including phenoxy) is 1. The van der Waals surface area contributed by atoms with E-state index in [0.29, 0.717) is 0 Å². The third-order valence-corrected chi connectivity index (χ3v) is 3.53. The summed E-state index contributed by atoms with van der Waals surface area (Å²) >= 11 is 0. The van der Waals surface area contributed by atoms with E-state index in [2.05, 4.69) is 4.74 Å². The van der Waals surface area contributed by atoms with Crippen LogP contribution in [0.15, 0.2) is 60.7 Å². The molecule has 0 bridgehead atoms. The highest BCUT2D eigenvalue weighted by molar-refractivity contribution is 7.93. The second-order valence-electron chi connectivity index (χ2n) is 3.85. The van der Waals surface area contributed by atoms with E-state index in [9.17, 15) is 17.2 Å². The lowest BCUT2D eigenvalue weighted by Crippen LogP contribution is -2.39. The average Bonchev–Trinajstić information content (AvgIpc) is 2.40. The van der Waals surface area contributed by atoms with Crippen molar-refractivity contribution < 1.29 is 21.9 Å². The van der Waals surface area contributed by atoms with Gasteiger partial charge in [0.05, 0.1) is 0 Å². The lowest BCUT2D eigenvalue weighted by atomic mass is 10.3. The molecule has 0 unspecified atom stereocenters. The largest absolute Gasteiger partial charge is 0.527 e. The van der Waals surface area contributed by atoms with Gasteiger partial charge < -0.3 is 4.74 Å². The Morgan fingerprint density at radius 1 is 0.900 bits per heavy atom. The van der Waals surface area contributed by atoms with Crippen molar-refractivity contribution in [3.05, 3.63) is 60.7 Å². The second-order valence-corrected chi connectivity index (χ2v) is 5.54. The summed E-state index contributed by atoms with van der Waals surface area (Å²) in [6, 6.07) is 14.4. The molecule has 7 heteroatoms. The SMILES string of the molecule is O=S(=O)(Nc1ccccc1)C(F)(F)Oc1ccccc1. The van der Waals surface area contributed by atoms with Crippen molar-refractivity contribution in [2.75, 3.05) is 4.72 Å². The highest BCUT2D eigenvalue weighted by Gasteiger charge is 2.49. The molecule has 0 amide bonds. The van der Waals surface area contributed by atoms with Gasteiger partial charge in [-0.25, -0.2) is 0 Å². The fraction of sp³-hybridized carbons (Fsp3) is 0.0769. The van der Waals surface area contributed by atoms with Gasteiger partial charge in [0.1, 0.15) is 5.75 Å². The Labute approximate surface area is 115 Å². The van der Waals surface area contributed by atoms with Gasteiger partial charge in [0.15, 0.2) is 0 Å². The Morgan fingerprint density at radius 3 is 1.95 bits per heavy atom. The molecule has 0 radical (unpaired) electrons. The molecular formula is C13H11F2NO3S. The number of anilines is 1. The van der Waals surface area contributed by atoms with E-state index in [0.717, 1.165) is 0 Å². The number of nitrogens with one attached hydrogen (secondary N) is 1. The summed E-state index contributed by atoms with van der Waals surface area (Å²) in [5.41, 5.74) is -4.35. The van der Waals surface area contributed by atoms with Gasteiger partial charge in [-0.05, 0) is 24.3 Å². The summed E-state index contributed by atoms with van der Waals surface area (Å²) in [5, 5.41) is 0. The van der Waals surface area contributed by atoms with E-state index in [4.69, 9.17) is 0 Å². The number of rotatable bonds is 5. The standard InChI is InChI=1S/C13H11F2NO3S/c14-13(15,19-12-9-5-2-6-10-12)20(17,18)16-11-7-3-1-4-8-11/h1-10,16H. The molecule has 0 aliphatic rings. The van der Waals surface area contributed by atoms with E-state index < -0.39 is 15.5 Å². The average molecular weight is 299 g/mol. The molecule has 2 rings (SSSR count). The summed E-state index contributed by atoms with van der Waals surface area (Å²) in [4.78, 5) is 0. The van der Waals surface area contributed by atoms with Crippen LogP contribution in [0.25, 0.3) is 0 Å². The maximum Gasteiger partial charge on any atom is 0.527 e. The van der Waals surface area contributed by atoms with Crippen LogP contribution in [-0.4, -0.2) is 13.9 Å². The number of sulfonamides is 1. The van der Waals surface area contributed by atoms with Crippen molar-refractivity contribution >= 4 is 15.7 Å². The number of benzene rings is 2. The van der Waals surface area contributed by atoms with Crippen molar-refractivity contribution in [2.45, 2.75) is 5.44 Å². The maximum absolute atomic E-state index is 13.7. The number of alkyl halides is 2. The molecule has 2 aromatic rings. The molecule has 0 aromatic heterocycles. The molecule has 106 valence electrons. The van der Waals surface area contributed by atoms with Gasteiger partial charge in [-0.1, -0.05) is 36.4 Å². The first-order valence-electron chi connectivity index (χ1n) is 5.60. The summed E-state index contributed by atoms with van der Waals surface area (Å²) in [7, 11) is -5.02. The minimum absolute atomic E-state index is 0.0313. The molecule has 0 aliphatic carbocycles. The predicted molar refractivity (Wildman–Crippen MR) is 71.0 cm³/mol. The van der Waals surface area contributed by atoms with Crippen LogP contribution in [0.5, 0.6) is 5.75 Å². The number of hydrogen-bond acceptors (Lipinski definition) is 3. The van der Waals surface area contributed by atoms with Crippen LogP contribution < -0.4 is 9.46 Å². The zero-order valence-corrected chi connectivity index (χ0v) is 11.0. The highest BCUT2D eigenvalue weighted by atomic mass is 32.2. The third kappa shape index (κ3) is 3.24. The minimum atomic E-state index is -5.02. The molecule has 20 heavy (non-hydrogen) atoms. The van der Waals surface area contributed by atoms with Crippen LogP contribution in [0.3, 0.4) is 0 Å². The van der Waals surface area contributed by atoms with Gasteiger partial charge in [-0.3, -0.25) is 4.72 Å². The molecule has 4 nitrogen and oxygen atoms in total. The van der Waals surface area contributed by atoms with Crippen molar-refractivity contribution in [3.63, 3.8) is 0 Å². The fourth-order valence-electron chi connectivity index (χ4n) is 1.40. The molecule has 0 atom stereocenters. The van der Waals surface area contributed by atoms with Gasteiger partial charge >= 0.3 is 15.5 Å². The summed E-state index contributed by atoms with van der Waals surface area (Å²) < 4.78 is 56.7. The van der Waals surface area contributed by atoms with Gasteiger partial charge in [-0.2, -0.15) is 8.42 Å². The first-order chi connectivity index (χ1) is 9.41. The van der Waals surface area contributed by atoms with Crippen LogP contribution in [-0.2, 0) is 10.0 Å². The summed E-state index contributed by atoms with van der Waals surface area (Å²) in [5.74, 6) is -0.240. The van der Waals surface area contributed by atoms with E-state index in [1.165, 1.54) is 48.5 Å². The van der Waals surface area contributed by atoms with Crippen LogP contribution in [0.4, 0.5) is 14.5 Å². The first-order valence-corrected chi connectivity index (χ1v) is 7.08. The van der Waals surface area contributed by atoms with Crippen molar-refractivity contribution in [2.24, 2.45) is 0 Å². The lowest BCUT2D eigenvalue weighted by Gasteiger charge is -2.18. The smallest absolute Gasteiger partial charge is 0.419 e. The molecule has 0 saturated heterocycles. The van der Waals surface area contributed by atoms with E-state index in [1.807, 2.05) is 0 Å². The van der Waals surface area contributed by atoms with Crippen molar-refractivity contribution in [3.8, 4) is 5.75 Å². The summed E-state index contributed by atoms with van der Waals surface area (Å²) in [6.45, 7) is 0. The Kier molecular flexibility index (Phi) is 3.89. The Hall–Kier alpha value is -2.15. The molecule has 2 aromatic carbocycles. The molecule has 1 N–H and O–H groups in total. The monoisotopic (exact) mass is 299 g/mol. The maximum atomic E-state index is 13.7. The van der Waals surface area contributed by atoms with Crippen LogP contribution >= 0.6 is 0 Å². The van der Waals surface area contributed by atoms with Crippen molar-refractivity contribution in [1.82, 2.24) is 0 Å². The van der Waals surface area contributed by atoms with Crippen molar-refractivity contribution in [1.29, 1.82) is 0 Å². The predicted octanol–water partition coefficient (Wildman–Crippen LogP) is 3.06. The molecule has 0 fully saturated rings. The van der Waals surface area contributed by atoms with E-state index >= 15 is 0 Å². The quantitative estimate of drug-likeness (QED) is 0.923.